The topological polar surface area (TPSA) is 38.1 Å². The molecule has 0 radical (unpaired) electrons. The summed E-state index contributed by atoms with van der Waals surface area (Å²) in [4.78, 5) is 14.8. The smallest absolute Gasteiger partial charge is 0.278 e. The van der Waals surface area contributed by atoms with Crippen molar-refractivity contribution in [1.82, 2.24) is 9.78 Å². The molecule has 0 saturated carbocycles. The molecule has 1 aromatic heterocycles. The van der Waals surface area contributed by atoms with Crippen LogP contribution in [0.1, 0.15) is 28.0 Å². The molecule has 2 heterocycles. The lowest BCUT2D eigenvalue weighted by atomic mass is 9.98. The number of hydrogen-bond acceptors (Lipinski definition) is 2. The molecular weight excluding hydrogens is 317 g/mol. The van der Waals surface area contributed by atoms with E-state index in [2.05, 4.69) is 11.2 Å². The molecule has 5 heteroatoms. The number of carbonyl (C=O) groups excluding carboxylic acids is 1. The van der Waals surface area contributed by atoms with E-state index in [0.717, 1.165) is 24.1 Å². The largest absolute Gasteiger partial charge is 0.306 e. The second-order valence-electron chi connectivity index (χ2n) is 6.24. The zero-order chi connectivity index (χ0) is 17.4. The average molecular weight is 335 g/mol. The maximum absolute atomic E-state index is 13.9. The first-order valence-electron chi connectivity index (χ1n) is 8.36. The first kappa shape index (κ1) is 15.6. The van der Waals surface area contributed by atoms with Crippen LogP contribution in [0, 0.1) is 12.7 Å². The highest BCUT2D eigenvalue weighted by atomic mass is 19.1. The fourth-order valence-electron chi connectivity index (χ4n) is 3.40. The number of rotatable bonds is 2. The van der Waals surface area contributed by atoms with Crippen LogP contribution in [0.4, 0.5) is 10.1 Å². The van der Waals surface area contributed by atoms with Crippen molar-refractivity contribution in [3.63, 3.8) is 0 Å². The van der Waals surface area contributed by atoms with E-state index >= 15 is 0 Å². The molecule has 0 unspecified atom stereocenters. The van der Waals surface area contributed by atoms with Crippen molar-refractivity contribution in [2.75, 3.05) is 11.4 Å². The van der Waals surface area contributed by atoms with Gasteiger partial charge < -0.3 is 4.90 Å². The van der Waals surface area contributed by atoms with Gasteiger partial charge in [-0.25, -0.2) is 9.07 Å². The molecule has 3 aromatic rings. The minimum absolute atomic E-state index is 0.148. The van der Waals surface area contributed by atoms with E-state index in [-0.39, 0.29) is 11.7 Å². The lowest BCUT2D eigenvalue weighted by molar-refractivity contribution is 0.0979. The number of nitrogens with zero attached hydrogens (tertiary/aromatic N) is 3. The van der Waals surface area contributed by atoms with E-state index < -0.39 is 0 Å². The van der Waals surface area contributed by atoms with Crippen molar-refractivity contribution >= 4 is 11.6 Å². The third-order valence-electron chi connectivity index (χ3n) is 4.57. The third kappa shape index (κ3) is 2.71. The number of para-hydroxylation sites is 2. The van der Waals surface area contributed by atoms with Crippen LogP contribution in [-0.4, -0.2) is 22.2 Å². The third-order valence-corrected chi connectivity index (χ3v) is 4.57. The van der Waals surface area contributed by atoms with Gasteiger partial charge >= 0.3 is 0 Å². The van der Waals surface area contributed by atoms with Crippen LogP contribution in [0.3, 0.4) is 0 Å². The summed E-state index contributed by atoms with van der Waals surface area (Å²) in [5.74, 6) is -0.519. The van der Waals surface area contributed by atoms with Gasteiger partial charge in [-0.3, -0.25) is 4.79 Å². The van der Waals surface area contributed by atoms with E-state index in [1.807, 2.05) is 19.1 Å². The van der Waals surface area contributed by atoms with Crippen molar-refractivity contribution in [2.45, 2.75) is 19.8 Å². The van der Waals surface area contributed by atoms with Crippen LogP contribution in [-0.2, 0) is 6.42 Å². The van der Waals surface area contributed by atoms with Crippen LogP contribution in [0.5, 0.6) is 0 Å². The number of anilines is 1. The highest BCUT2D eigenvalue weighted by Gasteiger charge is 2.26. The number of halogens is 1. The number of amides is 1. The molecule has 0 fully saturated rings. The summed E-state index contributed by atoms with van der Waals surface area (Å²) in [5, 5.41) is 4.30. The van der Waals surface area contributed by atoms with Crippen molar-refractivity contribution in [3.05, 3.63) is 77.4 Å². The summed E-state index contributed by atoms with van der Waals surface area (Å²) in [6.45, 7) is 2.69. The van der Waals surface area contributed by atoms with E-state index in [1.54, 1.807) is 35.4 Å². The standard InChI is InChI=1S/C20H18FN3O/c1-14-6-4-7-15-8-5-12-23(19(14)15)20(25)17-11-13-24(22-17)18-10-3-2-9-16(18)21/h2-4,6-7,9-11,13H,5,8,12H2,1H3. The maximum atomic E-state index is 13.9. The molecule has 25 heavy (non-hydrogen) atoms. The first-order chi connectivity index (χ1) is 12.1. The Morgan fingerprint density at radius 1 is 1.12 bits per heavy atom. The summed E-state index contributed by atoms with van der Waals surface area (Å²) in [5.41, 5.74) is 3.91. The van der Waals surface area contributed by atoms with Gasteiger partial charge in [-0.05, 0) is 49.1 Å². The molecule has 126 valence electrons. The van der Waals surface area contributed by atoms with Crippen LogP contribution in [0.2, 0.25) is 0 Å². The minimum Gasteiger partial charge on any atom is -0.306 e. The molecule has 1 aliphatic heterocycles. The SMILES string of the molecule is Cc1cccc2c1N(C(=O)c1ccn(-c3ccccc3F)n1)CCC2. The highest BCUT2D eigenvalue weighted by molar-refractivity contribution is 6.06. The predicted octanol–water partition coefficient (Wildman–Crippen LogP) is 3.91. The van der Waals surface area contributed by atoms with Gasteiger partial charge in [-0.15, -0.1) is 0 Å². The number of aryl methyl sites for hydroxylation is 2. The Labute approximate surface area is 145 Å². The second kappa shape index (κ2) is 6.16. The van der Waals surface area contributed by atoms with Crippen LogP contribution in [0.25, 0.3) is 5.69 Å². The Morgan fingerprint density at radius 3 is 2.80 bits per heavy atom. The second-order valence-corrected chi connectivity index (χ2v) is 6.24. The van der Waals surface area contributed by atoms with Crippen molar-refractivity contribution < 1.29 is 9.18 Å². The van der Waals surface area contributed by atoms with Gasteiger partial charge in [0.1, 0.15) is 11.5 Å². The van der Waals surface area contributed by atoms with Gasteiger partial charge in [0.2, 0.25) is 0 Å². The van der Waals surface area contributed by atoms with Crippen LogP contribution < -0.4 is 4.90 Å². The number of aromatic nitrogens is 2. The predicted molar refractivity (Wildman–Crippen MR) is 94.7 cm³/mol. The lowest BCUT2D eigenvalue weighted by Gasteiger charge is -2.30. The summed E-state index contributed by atoms with van der Waals surface area (Å²) in [6.07, 6.45) is 3.52. The van der Waals surface area contributed by atoms with Crippen LogP contribution >= 0.6 is 0 Å². The Morgan fingerprint density at radius 2 is 1.96 bits per heavy atom. The number of fused-ring (bicyclic) bond motifs is 1. The summed E-state index contributed by atoms with van der Waals surface area (Å²) in [7, 11) is 0. The van der Waals surface area contributed by atoms with Crippen molar-refractivity contribution in [1.29, 1.82) is 0 Å². The molecule has 2 aromatic carbocycles. The van der Waals surface area contributed by atoms with Gasteiger partial charge in [-0.1, -0.05) is 30.3 Å². The quantitative estimate of drug-likeness (QED) is 0.712. The molecule has 4 rings (SSSR count). The fourth-order valence-corrected chi connectivity index (χ4v) is 3.40. The highest BCUT2D eigenvalue weighted by Crippen LogP contribution is 2.31. The minimum atomic E-state index is -0.372. The van der Waals surface area contributed by atoms with Gasteiger partial charge in [0.05, 0.1) is 5.69 Å². The summed E-state index contributed by atoms with van der Waals surface area (Å²) < 4.78 is 15.3. The van der Waals surface area contributed by atoms with E-state index in [9.17, 15) is 9.18 Å². The number of benzene rings is 2. The summed E-state index contributed by atoms with van der Waals surface area (Å²) in [6, 6.07) is 14.1. The zero-order valence-corrected chi connectivity index (χ0v) is 13.9. The van der Waals surface area contributed by atoms with E-state index in [0.29, 0.717) is 17.9 Å². The normalized spacial score (nSPS) is 13.6. The number of hydrogen-bond donors (Lipinski definition) is 0. The molecule has 0 bridgehead atoms. The zero-order valence-electron chi connectivity index (χ0n) is 13.9. The molecule has 0 atom stereocenters. The molecule has 0 spiro atoms. The molecule has 1 aliphatic rings. The number of carbonyl (C=O) groups is 1. The van der Waals surface area contributed by atoms with Gasteiger partial charge in [0, 0.05) is 12.7 Å². The van der Waals surface area contributed by atoms with Crippen molar-refractivity contribution in [2.24, 2.45) is 0 Å². The summed E-state index contributed by atoms with van der Waals surface area (Å²) >= 11 is 0. The Balaban J connectivity index is 1.69. The lowest BCUT2D eigenvalue weighted by Crippen LogP contribution is -2.36. The van der Waals surface area contributed by atoms with E-state index in [1.165, 1.54) is 16.3 Å². The average Bonchev–Trinajstić information content (AvgIpc) is 3.11. The monoisotopic (exact) mass is 335 g/mol. The Kier molecular flexibility index (Phi) is 3.84. The Hall–Kier alpha value is -2.95. The molecular formula is C20H18FN3O. The molecule has 0 saturated heterocycles. The van der Waals surface area contributed by atoms with Gasteiger partial charge in [-0.2, -0.15) is 5.10 Å². The van der Waals surface area contributed by atoms with Gasteiger partial charge in [0.25, 0.3) is 5.91 Å². The Bertz CT molecular complexity index is 948. The molecule has 4 nitrogen and oxygen atoms in total. The van der Waals surface area contributed by atoms with Crippen molar-refractivity contribution in [3.8, 4) is 5.69 Å². The molecule has 1 amide bonds. The van der Waals surface area contributed by atoms with Gasteiger partial charge in [0.15, 0.2) is 5.69 Å². The fraction of sp³-hybridized carbons (Fsp3) is 0.200. The van der Waals surface area contributed by atoms with E-state index in [4.69, 9.17) is 0 Å². The first-order valence-corrected chi connectivity index (χ1v) is 8.36. The maximum Gasteiger partial charge on any atom is 0.278 e. The van der Waals surface area contributed by atoms with Crippen LogP contribution in [0.15, 0.2) is 54.7 Å². The molecule has 0 aliphatic carbocycles. The molecule has 0 N–H and O–H groups in total.